The molecule has 0 unspecified atom stereocenters. The average molecular weight is 199 g/mol. The first-order valence-electron chi connectivity index (χ1n) is 4.84. The second kappa shape index (κ2) is 3.73. The van der Waals surface area contributed by atoms with E-state index in [0.717, 1.165) is 17.7 Å². The van der Waals surface area contributed by atoms with Crippen LogP contribution in [-0.4, -0.2) is 6.72 Å². The molecule has 0 fully saturated rings. The van der Waals surface area contributed by atoms with Crippen LogP contribution < -0.4 is 4.74 Å². The molecule has 76 valence electrons. The first kappa shape index (κ1) is 9.71. The van der Waals surface area contributed by atoms with E-state index in [9.17, 15) is 0 Å². The Morgan fingerprint density at radius 1 is 1.47 bits per heavy atom. The molecule has 0 atom stereocenters. The van der Waals surface area contributed by atoms with Gasteiger partial charge in [0.05, 0.1) is 0 Å². The van der Waals surface area contributed by atoms with Crippen molar-refractivity contribution >= 4 is 6.72 Å². The van der Waals surface area contributed by atoms with Crippen molar-refractivity contribution in [3.05, 3.63) is 53.4 Å². The van der Waals surface area contributed by atoms with Gasteiger partial charge in [-0.05, 0) is 25.3 Å². The van der Waals surface area contributed by atoms with Crippen molar-refractivity contribution in [1.82, 2.24) is 0 Å². The Kier molecular flexibility index (Phi) is 2.42. The van der Waals surface area contributed by atoms with Crippen LogP contribution in [0.15, 0.2) is 47.3 Å². The molecule has 1 aromatic rings. The van der Waals surface area contributed by atoms with Crippen LogP contribution >= 0.6 is 0 Å². The van der Waals surface area contributed by atoms with E-state index in [1.807, 2.05) is 12.1 Å². The van der Waals surface area contributed by atoms with Crippen molar-refractivity contribution in [2.45, 2.75) is 13.3 Å². The second-order valence-electron chi connectivity index (χ2n) is 3.58. The molecule has 15 heavy (non-hydrogen) atoms. The lowest BCUT2D eigenvalue weighted by Gasteiger charge is -2.19. The molecule has 0 aromatic heterocycles. The van der Waals surface area contributed by atoms with Gasteiger partial charge in [-0.2, -0.15) is 0 Å². The van der Waals surface area contributed by atoms with E-state index in [1.165, 1.54) is 11.1 Å². The Labute approximate surface area is 89.6 Å². The van der Waals surface area contributed by atoms with Crippen LogP contribution in [0.2, 0.25) is 0 Å². The Morgan fingerprint density at radius 2 is 2.27 bits per heavy atom. The Hall–Kier alpha value is -1.83. The third-order valence-electron chi connectivity index (χ3n) is 2.47. The van der Waals surface area contributed by atoms with E-state index in [1.54, 1.807) is 6.08 Å². The fourth-order valence-corrected chi connectivity index (χ4v) is 1.69. The third-order valence-corrected chi connectivity index (χ3v) is 2.47. The van der Waals surface area contributed by atoms with Crippen LogP contribution in [0.25, 0.3) is 0 Å². The highest BCUT2D eigenvalue weighted by Gasteiger charge is 2.16. The predicted octanol–water partition coefficient (Wildman–Crippen LogP) is 3.03. The molecule has 2 heteroatoms. The summed E-state index contributed by atoms with van der Waals surface area (Å²) in [6.45, 7) is 9.31. The highest BCUT2D eigenvalue weighted by atomic mass is 16.5. The largest absolute Gasteiger partial charge is 0.438 e. The van der Waals surface area contributed by atoms with Crippen molar-refractivity contribution in [3.8, 4) is 5.75 Å². The average Bonchev–Trinajstić information content (AvgIpc) is 2.27. The molecule has 0 saturated carbocycles. The molecule has 1 aromatic carbocycles. The molecular formula is C13H13NO. The summed E-state index contributed by atoms with van der Waals surface area (Å²) in [5, 5.41) is 0. The standard InChI is InChI=1S/C13H13NO/c1-4-10-8-11-7-9(2)5-6-12(11)15-13(10)14-3/h4-7H,1,3,8H2,2H3. The molecule has 0 spiro atoms. The molecule has 0 aliphatic carbocycles. The lowest BCUT2D eigenvalue weighted by molar-refractivity contribution is 0.400. The number of ether oxygens (including phenoxy) is 1. The molecule has 1 aliphatic rings. The van der Waals surface area contributed by atoms with Gasteiger partial charge in [0.2, 0.25) is 5.88 Å². The smallest absolute Gasteiger partial charge is 0.222 e. The van der Waals surface area contributed by atoms with Crippen molar-refractivity contribution in [2.24, 2.45) is 4.99 Å². The number of allylic oxidation sites excluding steroid dienone is 2. The number of fused-ring (bicyclic) bond motifs is 1. The lowest BCUT2D eigenvalue weighted by Crippen LogP contribution is -2.07. The summed E-state index contributed by atoms with van der Waals surface area (Å²) >= 11 is 0. The summed E-state index contributed by atoms with van der Waals surface area (Å²) in [6, 6.07) is 6.12. The van der Waals surface area contributed by atoms with Crippen LogP contribution in [0, 0.1) is 6.92 Å². The van der Waals surface area contributed by atoms with Gasteiger partial charge in [0, 0.05) is 12.0 Å². The van der Waals surface area contributed by atoms with E-state index in [0.29, 0.717) is 5.88 Å². The summed E-state index contributed by atoms with van der Waals surface area (Å²) in [5.41, 5.74) is 3.40. The van der Waals surface area contributed by atoms with Crippen LogP contribution in [0.1, 0.15) is 11.1 Å². The van der Waals surface area contributed by atoms with Gasteiger partial charge in [-0.15, -0.1) is 0 Å². The SMILES string of the molecule is C=CC1=C(N=C)Oc2ccc(C)cc2C1. The molecule has 0 saturated heterocycles. The van der Waals surface area contributed by atoms with Crippen LogP contribution in [0.5, 0.6) is 5.75 Å². The number of hydrogen-bond acceptors (Lipinski definition) is 2. The number of rotatable bonds is 2. The summed E-state index contributed by atoms with van der Waals surface area (Å²) in [7, 11) is 0. The first-order chi connectivity index (χ1) is 7.24. The zero-order valence-electron chi connectivity index (χ0n) is 8.79. The van der Waals surface area contributed by atoms with Gasteiger partial charge >= 0.3 is 0 Å². The summed E-state index contributed by atoms with van der Waals surface area (Å²) in [6.07, 6.45) is 2.59. The molecular weight excluding hydrogens is 186 g/mol. The van der Waals surface area contributed by atoms with Crippen molar-refractivity contribution in [2.75, 3.05) is 0 Å². The Bertz CT molecular complexity index is 458. The Balaban J connectivity index is 2.46. The molecule has 0 bridgehead atoms. The summed E-state index contributed by atoms with van der Waals surface area (Å²) in [5.74, 6) is 1.44. The molecule has 1 heterocycles. The first-order valence-corrected chi connectivity index (χ1v) is 4.84. The molecule has 0 N–H and O–H groups in total. The van der Waals surface area contributed by atoms with E-state index in [2.05, 4.69) is 31.3 Å². The van der Waals surface area contributed by atoms with Gasteiger partial charge in [-0.25, -0.2) is 4.99 Å². The fraction of sp³-hybridized carbons (Fsp3) is 0.154. The number of benzene rings is 1. The molecule has 1 aliphatic heterocycles. The lowest BCUT2D eigenvalue weighted by atomic mass is 10.0. The van der Waals surface area contributed by atoms with Gasteiger partial charge in [-0.3, -0.25) is 0 Å². The van der Waals surface area contributed by atoms with E-state index in [4.69, 9.17) is 4.74 Å². The maximum atomic E-state index is 5.62. The highest BCUT2D eigenvalue weighted by molar-refractivity contribution is 5.47. The topological polar surface area (TPSA) is 21.6 Å². The minimum atomic E-state index is 0.571. The quantitative estimate of drug-likeness (QED) is 0.671. The molecule has 2 nitrogen and oxygen atoms in total. The van der Waals surface area contributed by atoms with Crippen molar-refractivity contribution in [3.63, 3.8) is 0 Å². The maximum Gasteiger partial charge on any atom is 0.222 e. The second-order valence-corrected chi connectivity index (χ2v) is 3.58. The van der Waals surface area contributed by atoms with Gasteiger partial charge in [0.15, 0.2) is 0 Å². The van der Waals surface area contributed by atoms with Gasteiger partial charge in [0.25, 0.3) is 0 Å². The van der Waals surface area contributed by atoms with Crippen molar-refractivity contribution < 1.29 is 4.74 Å². The zero-order valence-corrected chi connectivity index (χ0v) is 8.79. The van der Waals surface area contributed by atoms with Gasteiger partial charge in [-0.1, -0.05) is 30.4 Å². The van der Waals surface area contributed by atoms with Gasteiger partial charge in [0.1, 0.15) is 5.75 Å². The summed E-state index contributed by atoms with van der Waals surface area (Å²) < 4.78 is 5.62. The molecule has 0 amide bonds. The number of aliphatic imine (C=N–C) groups is 1. The normalized spacial score (nSPS) is 14.2. The fourth-order valence-electron chi connectivity index (χ4n) is 1.69. The molecule has 2 rings (SSSR count). The summed E-state index contributed by atoms with van der Waals surface area (Å²) in [4.78, 5) is 3.86. The third kappa shape index (κ3) is 1.71. The van der Waals surface area contributed by atoms with E-state index in [-0.39, 0.29) is 0 Å². The minimum absolute atomic E-state index is 0.571. The maximum absolute atomic E-state index is 5.62. The zero-order chi connectivity index (χ0) is 10.8. The number of nitrogens with zero attached hydrogens (tertiary/aromatic N) is 1. The highest BCUT2D eigenvalue weighted by Crippen LogP contribution is 2.31. The number of hydrogen-bond donors (Lipinski definition) is 0. The molecule has 0 radical (unpaired) electrons. The van der Waals surface area contributed by atoms with E-state index < -0.39 is 0 Å². The minimum Gasteiger partial charge on any atom is -0.438 e. The predicted molar refractivity (Wildman–Crippen MR) is 62.3 cm³/mol. The van der Waals surface area contributed by atoms with E-state index >= 15 is 0 Å². The van der Waals surface area contributed by atoms with Crippen LogP contribution in [0.3, 0.4) is 0 Å². The van der Waals surface area contributed by atoms with Gasteiger partial charge < -0.3 is 4.74 Å². The number of aryl methyl sites for hydroxylation is 1. The Morgan fingerprint density at radius 3 is 2.93 bits per heavy atom. The van der Waals surface area contributed by atoms with Crippen molar-refractivity contribution in [1.29, 1.82) is 0 Å². The monoisotopic (exact) mass is 199 g/mol. The van der Waals surface area contributed by atoms with Crippen LogP contribution in [0.4, 0.5) is 0 Å². The van der Waals surface area contributed by atoms with Crippen LogP contribution in [-0.2, 0) is 6.42 Å².